The van der Waals surface area contributed by atoms with Crippen molar-refractivity contribution in [3.8, 4) is 0 Å². The van der Waals surface area contributed by atoms with Crippen LogP contribution < -0.4 is 0 Å². The Hall–Kier alpha value is -0.510. The van der Waals surface area contributed by atoms with Gasteiger partial charge in [-0.2, -0.15) is 0 Å². The third-order valence-corrected chi connectivity index (χ3v) is 4.29. The standard InChI is InChI=1S/C12H9BrClNS/c13-11-3-1-2-4-12(11)16-8-10-7-9(14)5-6-15-10/h1-7H,8H2. The van der Waals surface area contributed by atoms with E-state index in [1.54, 1.807) is 24.0 Å². The maximum atomic E-state index is 5.90. The van der Waals surface area contributed by atoms with Crippen molar-refractivity contribution in [2.45, 2.75) is 10.6 Å². The van der Waals surface area contributed by atoms with Gasteiger partial charge in [0.15, 0.2) is 0 Å². The molecule has 0 amide bonds. The molecule has 0 unspecified atom stereocenters. The number of rotatable bonds is 3. The molecule has 0 bridgehead atoms. The predicted octanol–water partition coefficient (Wildman–Crippen LogP) is 4.79. The van der Waals surface area contributed by atoms with Crippen LogP contribution in [-0.4, -0.2) is 4.98 Å². The Balaban J connectivity index is 2.05. The molecule has 0 fully saturated rings. The number of hydrogen-bond donors (Lipinski definition) is 0. The summed E-state index contributed by atoms with van der Waals surface area (Å²) < 4.78 is 1.11. The lowest BCUT2D eigenvalue weighted by Crippen LogP contribution is -1.85. The van der Waals surface area contributed by atoms with Crippen molar-refractivity contribution in [2.75, 3.05) is 0 Å². The Morgan fingerprint density at radius 3 is 2.81 bits per heavy atom. The topological polar surface area (TPSA) is 12.9 Å². The van der Waals surface area contributed by atoms with Crippen LogP contribution >= 0.6 is 39.3 Å². The quantitative estimate of drug-likeness (QED) is 0.756. The van der Waals surface area contributed by atoms with Crippen molar-refractivity contribution in [3.63, 3.8) is 0 Å². The summed E-state index contributed by atoms with van der Waals surface area (Å²) in [6.07, 6.45) is 1.73. The van der Waals surface area contributed by atoms with Gasteiger partial charge in [-0.05, 0) is 40.2 Å². The third-order valence-electron chi connectivity index (χ3n) is 1.99. The van der Waals surface area contributed by atoms with Gasteiger partial charge in [0, 0.05) is 26.3 Å². The van der Waals surface area contributed by atoms with E-state index in [4.69, 9.17) is 11.6 Å². The summed E-state index contributed by atoms with van der Waals surface area (Å²) in [7, 11) is 0. The average Bonchev–Trinajstić information content (AvgIpc) is 2.28. The first kappa shape index (κ1) is 12.0. The molecule has 82 valence electrons. The number of hydrogen-bond acceptors (Lipinski definition) is 2. The van der Waals surface area contributed by atoms with E-state index in [-0.39, 0.29) is 0 Å². The predicted molar refractivity (Wildman–Crippen MR) is 73.0 cm³/mol. The summed E-state index contributed by atoms with van der Waals surface area (Å²) in [4.78, 5) is 5.48. The zero-order chi connectivity index (χ0) is 11.4. The molecule has 0 aliphatic rings. The second kappa shape index (κ2) is 5.71. The summed E-state index contributed by atoms with van der Waals surface area (Å²) in [6, 6.07) is 11.8. The molecule has 1 heterocycles. The molecule has 0 N–H and O–H groups in total. The van der Waals surface area contributed by atoms with Gasteiger partial charge in [0.25, 0.3) is 0 Å². The van der Waals surface area contributed by atoms with Crippen molar-refractivity contribution in [3.05, 3.63) is 57.8 Å². The summed E-state index contributed by atoms with van der Waals surface area (Å²) in [5.74, 6) is 0.823. The van der Waals surface area contributed by atoms with Gasteiger partial charge in [-0.1, -0.05) is 23.7 Å². The number of thioether (sulfide) groups is 1. The highest BCUT2D eigenvalue weighted by molar-refractivity contribution is 9.10. The van der Waals surface area contributed by atoms with Crippen LogP contribution in [0.1, 0.15) is 5.69 Å². The highest BCUT2D eigenvalue weighted by atomic mass is 79.9. The van der Waals surface area contributed by atoms with Crippen molar-refractivity contribution >= 4 is 39.3 Å². The monoisotopic (exact) mass is 313 g/mol. The van der Waals surface area contributed by atoms with Gasteiger partial charge in [-0.3, -0.25) is 4.98 Å². The maximum Gasteiger partial charge on any atom is 0.0521 e. The number of pyridine rings is 1. The molecule has 0 aliphatic carbocycles. The Morgan fingerprint density at radius 1 is 1.25 bits per heavy atom. The second-order valence-electron chi connectivity index (χ2n) is 3.18. The molecule has 2 aromatic rings. The fourth-order valence-corrected chi connectivity index (χ4v) is 2.89. The van der Waals surface area contributed by atoms with Crippen LogP contribution in [0.15, 0.2) is 52.0 Å². The fraction of sp³-hybridized carbons (Fsp3) is 0.0833. The van der Waals surface area contributed by atoms with E-state index in [2.05, 4.69) is 27.0 Å². The van der Waals surface area contributed by atoms with Gasteiger partial charge in [0.2, 0.25) is 0 Å². The molecule has 1 aromatic carbocycles. The minimum Gasteiger partial charge on any atom is -0.260 e. The van der Waals surface area contributed by atoms with E-state index >= 15 is 0 Å². The minimum atomic E-state index is 0.734. The Morgan fingerprint density at radius 2 is 2.06 bits per heavy atom. The first-order valence-corrected chi connectivity index (χ1v) is 6.89. The summed E-state index contributed by atoms with van der Waals surface area (Å²) in [6.45, 7) is 0. The van der Waals surface area contributed by atoms with E-state index in [1.165, 1.54) is 4.90 Å². The lowest BCUT2D eigenvalue weighted by Gasteiger charge is -2.03. The minimum absolute atomic E-state index is 0.734. The first-order chi connectivity index (χ1) is 7.75. The molecule has 16 heavy (non-hydrogen) atoms. The lowest BCUT2D eigenvalue weighted by atomic mass is 10.4. The van der Waals surface area contributed by atoms with Gasteiger partial charge < -0.3 is 0 Å². The highest BCUT2D eigenvalue weighted by Gasteiger charge is 2.01. The Bertz CT molecular complexity index is 490. The van der Waals surface area contributed by atoms with Crippen molar-refractivity contribution in [2.24, 2.45) is 0 Å². The smallest absolute Gasteiger partial charge is 0.0521 e. The lowest BCUT2D eigenvalue weighted by molar-refractivity contribution is 1.17. The molecule has 0 aliphatic heterocycles. The van der Waals surface area contributed by atoms with Crippen molar-refractivity contribution in [1.29, 1.82) is 0 Å². The van der Waals surface area contributed by atoms with E-state index in [1.807, 2.05) is 24.3 Å². The molecule has 0 spiro atoms. The van der Waals surface area contributed by atoms with Crippen molar-refractivity contribution < 1.29 is 0 Å². The normalized spacial score (nSPS) is 10.4. The fourth-order valence-electron chi connectivity index (χ4n) is 1.24. The molecule has 4 heteroatoms. The van der Waals surface area contributed by atoms with E-state index in [0.29, 0.717) is 0 Å². The van der Waals surface area contributed by atoms with Crippen LogP contribution in [0.5, 0.6) is 0 Å². The van der Waals surface area contributed by atoms with Gasteiger partial charge >= 0.3 is 0 Å². The number of aromatic nitrogens is 1. The third kappa shape index (κ3) is 3.24. The SMILES string of the molecule is Clc1ccnc(CSc2ccccc2Br)c1. The summed E-state index contributed by atoms with van der Waals surface area (Å²) in [5, 5.41) is 0.734. The van der Waals surface area contributed by atoms with E-state index < -0.39 is 0 Å². The maximum absolute atomic E-state index is 5.90. The van der Waals surface area contributed by atoms with Crippen LogP contribution in [0.3, 0.4) is 0 Å². The molecule has 1 nitrogen and oxygen atoms in total. The Kier molecular flexibility index (Phi) is 4.27. The van der Waals surface area contributed by atoms with Crippen molar-refractivity contribution in [1.82, 2.24) is 4.98 Å². The largest absolute Gasteiger partial charge is 0.260 e. The molecule has 0 radical (unpaired) electrons. The van der Waals surface area contributed by atoms with Gasteiger partial charge in [-0.15, -0.1) is 11.8 Å². The molecular weight excluding hydrogens is 306 g/mol. The molecule has 1 aromatic heterocycles. The van der Waals surface area contributed by atoms with Crippen LogP contribution in [0.4, 0.5) is 0 Å². The Labute approximate surface area is 112 Å². The molecule has 0 saturated carbocycles. The van der Waals surface area contributed by atoms with E-state index in [0.717, 1.165) is 20.9 Å². The van der Waals surface area contributed by atoms with Crippen LogP contribution in [0, 0.1) is 0 Å². The number of benzene rings is 1. The van der Waals surface area contributed by atoms with E-state index in [9.17, 15) is 0 Å². The molecular formula is C12H9BrClNS. The van der Waals surface area contributed by atoms with Gasteiger partial charge in [-0.25, -0.2) is 0 Å². The molecule has 0 saturated heterocycles. The van der Waals surface area contributed by atoms with Crippen LogP contribution in [0.25, 0.3) is 0 Å². The van der Waals surface area contributed by atoms with Crippen LogP contribution in [0.2, 0.25) is 5.02 Å². The molecule has 2 rings (SSSR count). The molecule has 0 atom stereocenters. The first-order valence-electron chi connectivity index (χ1n) is 4.73. The number of halogens is 2. The summed E-state index contributed by atoms with van der Waals surface area (Å²) >= 11 is 11.2. The average molecular weight is 315 g/mol. The zero-order valence-corrected chi connectivity index (χ0v) is 11.5. The number of nitrogens with zero attached hydrogens (tertiary/aromatic N) is 1. The summed E-state index contributed by atoms with van der Waals surface area (Å²) in [5.41, 5.74) is 0.994. The van der Waals surface area contributed by atoms with Crippen LogP contribution in [-0.2, 0) is 5.75 Å². The van der Waals surface area contributed by atoms with Gasteiger partial charge in [0.05, 0.1) is 5.69 Å². The zero-order valence-electron chi connectivity index (χ0n) is 8.36. The highest BCUT2D eigenvalue weighted by Crippen LogP contribution is 2.29. The van der Waals surface area contributed by atoms with Gasteiger partial charge in [0.1, 0.15) is 0 Å². The second-order valence-corrected chi connectivity index (χ2v) is 5.49.